The summed E-state index contributed by atoms with van der Waals surface area (Å²) in [4.78, 5) is 11.9. The van der Waals surface area contributed by atoms with Gasteiger partial charge in [-0.05, 0) is 33.1 Å². The number of aryl methyl sites for hydroxylation is 1. The summed E-state index contributed by atoms with van der Waals surface area (Å²) in [5, 5.41) is 7.14. The molecule has 1 saturated heterocycles. The first-order valence-corrected chi connectivity index (χ1v) is 6.75. The fourth-order valence-electron chi connectivity index (χ4n) is 2.25. The van der Waals surface area contributed by atoms with E-state index in [9.17, 15) is 4.79 Å². The maximum atomic E-state index is 11.9. The molecule has 0 aliphatic carbocycles. The molecule has 0 saturated carbocycles. The van der Waals surface area contributed by atoms with Gasteiger partial charge in [-0.15, -0.1) is 0 Å². The minimum Gasteiger partial charge on any atom is -0.396 e. The molecule has 6 nitrogen and oxygen atoms in total. The fraction of sp³-hybridized carbons (Fsp3) is 0.692. The van der Waals surface area contributed by atoms with Crippen molar-refractivity contribution in [3.05, 3.63) is 11.4 Å². The highest BCUT2D eigenvalue weighted by Crippen LogP contribution is 2.14. The summed E-state index contributed by atoms with van der Waals surface area (Å²) in [6, 6.07) is 0. The van der Waals surface area contributed by atoms with E-state index in [0.717, 1.165) is 30.8 Å². The van der Waals surface area contributed by atoms with Gasteiger partial charge in [-0.1, -0.05) is 0 Å². The second-order valence-corrected chi connectivity index (χ2v) is 5.03. The zero-order valence-electron chi connectivity index (χ0n) is 11.6. The Balaban J connectivity index is 1.82. The number of aromatic nitrogens is 2. The van der Waals surface area contributed by atoms with Crippen LogP contribution in [-0.2, 0) is 16.1 Å². The molecule has 1 fully saturated rings. The maximum absolute atomic E-state index is 11.9. The summed E-state index contributed by atoms with van der Waals surface area (Å²) in [5.74, 6) is -0.0558. The maximum Gasteiger partial charge on any atom is 0.241 e. The van der Waals surface area contributed by atoms with Crippen molar-refractivity contribution in [2.45, 2.75) is 45.8 Å². The zero-order chi connectivity index (χ0) is 13.8. The van der Waals surface area contributed by atoms with Crippen LogP contribution in [0.1, 0.15) is 30.7 Å². The molecule has 6 heteroatoms. The van der Waals surface area contributed by atoms with E-state index in [1.807, 2.05) is 13.8 Å². The topological polar surface area (TPSA) is 82.2 Å². The molecule has 1 atom stereocenters. The zero-order valence-corrected chi connectivity index (χ0v) is 11.6. The molecule has 1 aliphatic heterocycles. The van der Waals surface area contributed by atoms with Gasteiger partial charge in [0.05, 0.1) is 23.2 Å². The van der Waals surface area contributed by atoms with Gasteiger partial charge in [0.2, 0.25) is 5.91 Å². The predicted molar refractivity (Wildman–Crippen MR) is 72.7 cm³/mol. The van der Waals surface area contributed by atoms with Crippen LogP contribution in [0.3, 0.4) is 0 Å². The number of hydrogen-bond donors (Lipinski definition) is 2. The lowest BCUT2D eigenvalue weighted by Crippen LogP contribution is -2.37. The molecular formula is C13H22N4O2. The predicted octanol–water partition coefficient (Wildman–Crippen LogP) is 0.767. The Bertz CT molecular complexity index is 450. The fourth-order valence-corrected chi connectivity index (χ4v) is 2.25. The Hall–Kier alpha value is -1.56. The van der Waals surface area contributed by atoms with Crippen molar-refractivity contribution < 1.29 is 9.53 Å². The van der Waals surface area contributed by atoms with Gasteiger partial charge < -0.3 is 15.8 Å². The molecule has 3 N–H and O–H groups in total. The summed E-state index contributed by atoms with van der Waals surface area (Å²) in [6.07, 6.45) is 3.47. The highest BCUT2D eigenvalue weighted by atomic mass is 16.5. The number of carbonyl (C=O) groups excluding carboxylic acids is 1. The van der Waals surface area contributed by atoms with Crippen molar-refractivity contribution in [3.63, 3.8) is 0 Å². The third kappa shape index (κ3) is 3.47. The number of amides is 1. The number of anilines is 1. The van der Waals surface area contributed by atoms with E-state index in [1.54, 1.807) is 4.68 Å². The molecule has 1 aromatic rings. The third-order valence-electron chi connectivity index (χ3n) is 3.53. The molecule has 1 aliphatic rings. The minimum absolute atomic E-state index is 0.0558. The summed E-state index contributed by atoms with van der Waals surface area (Å²) in [5.41, 5.74) is 8.09. The van der Waals surface area contributed by atoms with Crippen LogP contribution in [0.25, 0.3) is 0 Å². The van der Waals surface area contributed by atoms with E-state index in [1.165, 1.54) is 6.42 Å². The smallest absolute Gasteiger partial charge is 0.241 e. The van der Waals surface area contributed by atoms with E-state index in [4.69, 9.17) is 10.5 Å². The Morgan fingerprint density at radius 1 is 1.53 bits per heavy atom. The SMILES string of the molecule is Cc1nn(CC(=O)NCC2CCCCO2)c(C)c1N. The highest BCUT2D eigenvalue weighted by Gasteiger charge is 2.16. The average Bonchev–Trinajstić information content (AvgIpc) is 2.65. The second kappa shape index (κ2) is 6.06. The quantitative estimate of drug-likeness (QED) is 0.843. The van der Waals surface area contributed by atoms with Gasteiger partial charge in [0, 0.05) is 13.2 Å². The van der Waals surface area contributed by atoms with Crippen molar-refractivity contribution in [3.8, 4) is 0 Å². The number of rotatable bonds is 4. The van der Waals surface area contributed by atoms with Crippen LogP contribution in [0.15, 0.2) is 0 Å². The molecule has 0 bridgehead atoms. The Morgan fingerprint density at radius 2 is 2.32 bits per heavy atom. The number of nitrogens with zero attached hydrogens (tertiary/aromatic N) is 2. The van der Waals surface area contributed by atoms with Crippen molar-refractivity contribution in [1.29, 1.82) is 0 Å². The van der Waals surface area contributed by atoms with Crippen molar-refractivity contribution in [2.75, 3.05) is 18.9 Å². The van der Waals surface area contributed by atoms with Crippen LogP contribution < -0.4 is 11.1 Å². The van der Waals surface area contributed by atoms with Crippen LogP contribution in [0.4, 0.5) is 5.69 Å². The molecule has 19 heavy (non-hydrogen) atoms. The first kappa shape index (κ1) is 13.9. The first-order valence-electron chi connectivity index (χ1n) is 6.75. The summed E-state index contributed by atoms with van der Waals surface area (Å²) < 4.78 is 7.21. The molecule has 1 amide bonds. The molecular weight excluding hydrogens is 244 g/mol. The van der Waals surface area contributed by atoms with E-state index in [0.29, 0.717) is 12.2 Å². The molecule has 0 spiro atoms. The summed E-state index contributed by atoms with van der Waals surface area (Å²) in [7, 11) is 0. The lowest BCUT2D eigenvalue weighted by Gasteiger charge is -2.22. The van der Waals surface area contributed by atoms with Crippen molar-refractivity contribution in [1.82, 2.24) is 15.1 Å². The lowest BCUT2D eigenvalue weighted by molar-refractivity contribution is -0.122. The Labute approximate surface area is 113 Å². The van der Waals surface area contributed by atoms with Crippen molar-refractivity contribution >= 4 is 11.6 Å². The summed E-state index contributed by atoms with van der Waals surface area (Å²) in [6.45, 7) is 5.29. The molecule has 1 aromatic heterocycles. The molecule has 106 valence electrons. The normalized spacial score (nSPS) is 19.4. The molecule has 2 rings (SSSR count). The van der Waals surface area contributed by atoms with Gasteiger partial charge in [-0.3, -0.25) is 9.48 Å². The van der Waals surface area contributed by atoms with Gasteiger partial charge in [0.25, 0.3) is 0 Å². The van der Waals surface area contributed by atoms with E-state index >= 15 is 0 Å². The van der Waals surface area contributed by atoms with Crippen LogP contribution >= 0.6 is 0 Å². The Kier molecular flexibility index (Phi) is 4.42. The van der Waals surface area contributed by atoms with Gasteiger partial charge in [-0.2, -0.15) is 5.10 Å². The van der Waals surface area contributed by atoms with E-state index < -0.39 is 0 Å². The highest BCUT2D eigenvalue weighted by molar-refractivity contribution is 5.76. The molecule has 1 unspecified atom stereocenters. The monoisotopic (exact) mass is 266 g/mol. The molecule has 2 heterocycles. The van der Waals surface area contributed by atoms with Crippen LogP contribution in [0.2, 0.25) is 0 Å². The van der Waals surface area contributed by atoms with Gasteiger partial charge in [0.1, 0.15) is 6.54 Å². The first-order chi connectivity index (χ1) is 9.08. The molecule has 0 aromatic carbocycles. The van der Waals surface area contributed by atoms with Gasteiger partial charge in [0.15, 0.2) is 0 Å². The minimum atomic E-state index is -0.0558. The van der Waals surface area contributed by atoms with Gasteiger partial charge >= 0.3 is 0 Å². The van der Waals surface area contributed by atoms with E-state index in [2.05, 4.69) is 10.4 Å². The van der Waals surface area contributed by atoms with Gasteiger partial charge in [-0.25, -0.2) is 0 Å². The molecule has 0 radical (unpaired) electrons. The Morgan fingerprint density at radius 3 is 2.89 bits per heavy atom. The van der Waals surface area contributed by atoms with E-state index in [-0.39, 0.29) is 18.6 Å². The number of hydrogen-bond acceptors (Lipinski definition) is 4. The number of carbonyl (C=O) groups is 1. The number of nitrogens with two attached hydrogens (primary N) is 1. The standard InChI is InChI=1S/C13H22N4O2/c1-9-13(14)10(2)17(16-9)8-12(18)15-7-11-5-3-4-6-19-11/h11H,3-8,14H2,1-2H3,(H,15,18). The number of ether oxygens (including phenoxy) is 1. The number of nitrogen functional groups attached to an aromatic ring is 1. The third-order valence-corrected chi connectivity index (χ3v) is 3.53. The second-order valence-electron chi connectivity index (χ2n) is 5.03. The van der Waals surface area contributed by atoms with Crippen LogP contribution in [-0.4, -0.2) is 34.9 Å². The summed E-state index contributed by atoms with van der Waals surface area (Å²) >= 11 is 0. The average molecular weight is 266 g/mol. The number of nitrogens with one attached hydrogen (secondary N) is 1. The van der Waals surface area contributed by atoms with Crippen LogP contribution in [0, 0.1) is 13.8 Å². The lowest BCUT2D eigenvalue weighted by atomic mass is 10.1. The largest absolute Gasteiger partial charge is 0.396 e. The van der Waals surface area contributed by atoms with Crippen molar-refractivity contribution in [2.24, 2.45) is 0 Å². The van der Waals surface area contributed by atoms with Crippen LogP contribution in [0.5, 0.6) is 0 Å².